The molecule has 2 atom stereocenters. The van der Waals surface area contributed by atoms with Gasteiger partial charge in [-0.1, -0.05) is 19.1 Å². The van der Waals surface area contributed by atoms with Crippen LogP contribution in [0.3, 0.4) is 0 Å². The van der Waals surface area contributed by atoms with Crippen molar-refractivity contribution in [2.75, 3.05) is 18.1 Å². The van der Waals surface area contributed by atoms with Crippen LogP contribution in [0.4, 0.5) is 0 Å². The van der Waals surface area contributed by atoms with Gasteiger partial charge in [0.2, 0.25) is 0 Å². The van der Waals surface area contributed by atoms with Crippen molar-refractivity contribution in [2.24, 2.45) is 0 Å². The van der Waals surface area contributed by atoms with E-state index in [1.165, 1.54) is 5.56 Å². The van der Waals surface area contributed by atoms with Crippen molar-refractivity contribution >= 4 is 11.8 Å². The van der Waals surface area contributed by atoms with Crippen molar-refractivity contribution in [2.45, 2.75) is 32.9 Å². The Morgan fingerprint density at radius 3 is 2.58 bits per heavy atom. The summed E-state index contributed by atoms with van der Waals surface area (Å²) in [5.41, 5.74) is 1.23. The molecule has 3 nitrogen and oxygen atoms in total. The number of nitrogens with one attached hydrogen (secondary N) is 1. The zero-order valence-corrected chi connectivity index (χ0v) is 12.7. The number of thioether (sulfide) groups is 1. The van der Waals surface area contributed by atoms with E-state index in [-0.39, 0.29) is 6.61 Å². The first-order valence-corrected chi connectivity index (χ1v) is 7.76. The van der Waals surface area contributed by atoms with Crippen molar-refractivity contribution in [1.29, 1.82) is 5.26 Å². The molecule has 0 aromatic heterocycles. The first-order chi connectivity index (χ1) is 9.17. The summed E-state index contributed by atoms with van der Waals surface area (Å²) in [5.74, 6) is 3.03. The minimum absolute atomic E-state index is 0.0957. The third kappa shape index (κ3) is 6.00. The van der Waals surface area contributed by atoms with E-state index in [1.54, 1.807) is 0 Å². The molecule has 0 aliphatic heterocycles. The van der Waals surface area contributed by atoms with Crippen LogP contribution in [0.25, 0.3) is 0 Å². The highest BCUT2D eigenvalue weighted by molar-refractivity contribution is 7.99. The predicted molar refractivity (Wildman–Crippen MR) is 81.6 cm³/mol. The van der Waals surface area contributed by atoms with Gasteiger partial charge in [-0.05, 0) is 37.3 Å². The number of hydrogen-bond acceptors (Lipinski definition) is 4. The zero-order valence-electron chi connectivity index (χ0n) is 11.8. The predicted octanol–water partition coefficient (Wildman–Crippen LogP) is 3.38. The van der Waals surface area contributed by atoms with Gasteiger partial charge < -0.3 is 10.1 Å². The molecule has 2 unspecified atom stereocenters. The maximum atomic E-state index is 8.45. The van der Waals surface area contributed by atoms with Crippen LogP contribution in [0.15, 0.2) is 24.3 Å². The molecule has 1 aromatic rings. The number of rotatable bonds is 8. The van der Waals surface area contributed by atoms with Gasteiger partial charge in [0.15, 0.2) is 6.61 Å². The summed E-state index contributed by atoms with van der Waals surface area (Å²) < 4.78 is 5.24. The lowest BCUT2D eigenvalue weighted by atomic mass is 10.1. The molecule has 0 saturated heterocycles. The topological polar surface area (TPSA) is 45.0 Å². The maximum absolute atomic E-state index is 8.45. The van der Waals surface area contributed by atoms with Crippen molar-refractivity contribution in [3.63, 3.8) is 0 Å². The quantitative estimate of drug-likeness (QED) is 0.792. The lowest BCUT2D eigenvalue weighted by molar-refractivity contribution is 0.368. The SMILES string of the molecule is CCSCC(C)NC(C)c1ccc(OCC#N)cc1. The van der Waals surface area contributed by atoms with Gasteiger partial charge in [0.25, 0.3) is 0 Å². The Kier molecular flexibility index (Phi) is 7.39. The molecule has 0 radical (unpaired) electrons. The lowest BCUT2D eigenvalue weighted by Crippen LogP contribution is -2.30. The summed E-state index contributed by atoms with van der Waals surface area (Å²) in [6, 6.07) is 10.7. The Hall–Kier alpha value is -1.18. The molecule has 104 valence electrons. The second-order valence-corrected chi connectivity index (χ2v) is 5.78. The van der Waals surface area contributed by atoms with E-state index in [2.05, 4.69) is 26.1 Å². The average molecular weight is 278 g/mol. The monoisotopic (exact) mass is 278 g/mol. The maximum Gasteiger partial charge on any atom is 0.174 e. The van der Waals surface area contributed by atoms with Crippen LogP contribution in [0, 0.1) is 11.3 Å². The fourth-order valence-electron chi connectivity index (χ4n) is 1.83. The molecule has 0 amide bonds. The summed E-state index contributed by atoms with van der Waals surface area (Å²) >= 11 is 1.95. The van der Waals surface area contributed by atoms with E-state index in [1.807, 2.05) is 42.1 Å². The van der Waals surface area contributed by atoms with E-state index in [9.17, 15) is 0 Å². The van der Waals surface area contributed by atoms with Crippen LogP contribution in [0.2, 0.25) is 0 Å². The van der Waals surface area contributed by atoms with E-state index in [4.69, 9.17) is 10.00 Å². The molecule has 0 heterocycles. The van der Waals surface area contributed by atoms with Crippen molar-refractivity contribution in [1.82, 2.24) is 5.32 Å². The third-order valence-corrected chi connectivity index (χ3v) is 3.93. The summed E-state index contributed by atoms with van der Waals surface area (Å²) in [7, 11) is 0. The number of ether oxygens (including phenoxy) is 1. The summed E-state index contributed by atoms with van der Waals surface area (Å²) in [4.78, 5) is 0. The highest BCUT2D eigenvalue weighted by Crippen LogP contribution is 2.18. The van der Waals surface area contributed by atoms with Crippen molar-refractivity contribution in [3.8, 4) is 11.8 Å². The van der Waals surface area contributed by atoms with Gasteiger partial charge >= 0.3 is 0 Å². The van der Waals surface area contributed by atoms with Gasteiger partial charge in [-0.2, -0.15) is 17.0 Å². The fraction of sp³-hybridized carbons (Fsp3) is 0.533. The average Bonchev–Trinajstić information content (AvgIpc) is 2.43. The summed E-state index contributed by atoms with van der Waals surface area (Å²) in [5, 5.41) is 12.0. The van der Waals surface area contributed by atoms with Crippen LogP contribution < -0.4 is 10.1 Å². The Morgan fingerprint density at radius 2 is 2.00 bits per heavy atom. The molecular weight excluding hydrogens is 256 g/mol. The second kappa shape index (κ2) is 8.84. The molecule has 1 rings (SSSR count). The summed E-state index contributed by atoms with van der Waals surface area (Å²) in [6.45, 7) is 6.65. The van der Waals surface area contributed by atoms with Crippen LogP contribution in [0.1, 0.15) is 32.4 Å². The fourth-order valence-corrected chi connectivity index (χ4v) is 2.52. The van der Waals surface area contributed by atoms with Crippen molar-refractivity contribution < 1.29 is 4.74 Å². The largest absolute Gasteiger partial charge is 0.479 e. The Bertz CT molecular complexity index is 400. The molecular formula is C15H22N2OS. The van der Waals surface area contributed by atoms with Crippen molar-refractivity contribution in [3.05, 3.63) is 29.8 Å². The Morgan fingerprint density at radius 1 is 1.32 bits per heavy atom. The van der Waals surface area contributed by atoms with Crippen LogP contribution >= 0.6 is 11.8 Å². The van der Waals surface area contributed by atoms with Gasteiger partial charge in [0, 0.05) is 17.8 Å². The number of hydrogen-bond donors (Lipinski definition) is 1. The first kappa shape index (κ1) is 15.9. The van der Waals surface area contributed by atoms with Gasteiger partial charge in [-0.25, -0.2) is 0 Å². The Balaban J connectivity index is 2.48. The molecule has 0 bridgehead atoms. The Labute approximate surface area is 120 Å². The minimum Gasteiger partial charge on any atom is -0.479 e. The molecule has 0 saturated carbocycles. The zero-order chi connectivity index (χ0) is 14.1. The molecule has 0 aliphatic carbocycles. The molecule has 0 fully saturated rings. The lowest BCUT2D eigenvalue weighted by Gasteiger charge is -2.20. The number of benzene rings is 1. The van der Waals surface area contributed by atoms with E-state index in [0.717, 1.165) is 17.3 Å². The number of nitrogens with zero attached hydrogens (tertiary/aromatic N) is 1. The molecule has 4 heteroatoms. The van der Waals surface area contributed by atoms with E-state index in [0.29, 0.717) is 12.1 Å². The second-order valence-electron chi connectivity index (χ2n) is 4.46. The van der Waals surface area contributed by atoms with Gasteiger partial charge in [0.1, 0.15) is 11.8 Å². The van der Waals surface area contributed by atoms with Gasteiger partial charge in [0.05, 0.1) is 0 Å². The molecule has 19 heavy (non-hydrogen) atoms. The van der Waals surface area contributed by atoms with E-state index >= 15 is 0 Å². The van der Waals surface area contributed by atoms with Crippen LogP contribution in [-0.4, -0.2) is 24.2 Å². The molecule has 0 spiro atoms. The van der Waals surface area contributed by atoms with Gasteiger partial charge in [-0.15, -0.1) is 0 Å². The standard InChI is InChI=1S/C15H22N2OS/c1-4-19-11-12(2)17-13(3)14-5-7-15(8-6-14)18-10-9-16/h5-8,12-13,17H,4,10-11H2,1-3H3. The normalized spacial score (nSPS) is 13.6. The third-order valence-electron chi connectivity index (χ3n) is 2.79. The van der Waals surface area contributed by atoms with Crippen LogP contribution in [-0.2, 0) is 0 Å². The molecule has 0 aliphatic rings. The van der Waals surface area contributed by atoms with Crippen LogP contribution in [0.5, 0.6) is 5.75 Å². The summed E-state index contributed by atoms with van der Waals surface area (Å²) in [6.07, 6.45) is 0. The highest BCUT2D eigenvalue weighted by Gasteiger charge is 2.09. The minimum atomic E-state index is 0.0957. The highest BCUT2D eigenvalue weighted by atomic mass is 32.2. The van der Waals surface area contributed by atoms with E-state index < -0.39 is 0 Å². The molecule has 1 N–H and O–H groups in total. The number of nitriles is 1. The molecule has 1 aromatic carbocycles. The van der Waals surface area contributed by atoms with Gasteiger partial charge in [-0.3, -0.25) is 0 Å². The smallest absolute Gasteiger partial charge is 0.174 e. The first-order valence-electron chi connectivity index (χ1n) is 6.60.